The van der Waals surface area contributed by atoms with Crippen LogP contribution >= 0.6 is 0 Å². The zero-order chi connectivity index (χ0) is 15.9. The molecule has 4 nitrogen and oxygen atoms in total. The van der Waals surface area contributed by atoms with Gasteiger partial charge in [-0.15, -0.1) is 0 Å². The van der Waals surface area contributed by atoms with Gasteiger partial charge in [-0.3, -0.25) is 14.5 Å². The number of rotatable bonds is 4. The first-order valence-electron chi connectivity index (χ1n) is 7.77. The zero-order valence-electron chi connectivity index (χ0n) is 12.9. The highest BCUT2D eigenvalue weighted by Gasteiger charge is 2.46. The molecule has 1 aliphatic carbocycles. The molecule has 116 valence electrons. The van der Waals surface area contributed by atoms with Gasteiger partial charge in [-0.2, -0.15) is 0 Å². The number of Topliss-reactive ketones (excluding diaryl/α,β-unsaturated/α-hetero) is 1. The van der Waals surface area contributed by atoms with E-state index in [-0.39, 0.29) is 23.5 Å². The minimum atomic E-state index is -0.797. The maximum absolute atomic E-state index is 12.7. The van der Waals surface area contributed by atoms with E-state index in [4.69, 9.17) is 0 Å². The van der Waals surface area contributed by atoms with Crippen molar-refractivity contribution in [3.8, 4) is 0 Å². The highest BCUT2D eigenvalue weighted by Crippen LogP contribution is 2.39. The Labute approximate surface area is 130 Å². The van der Waals surface area contributed by atoms with Crippen molar-refractivity contribution in [2.45, 2.75) is 19.9 Å². The summed E-state index contributed by atoms with van der Waals surface area (Å²) in [5.41, 5.74) is 1.76. The molecule has 1 heterocycles. The lowest BCUT2D eigenvalue weighted by atomic mass is 9.97. The van der Waals surface area contributed by atoms with Gasteiger partial charge in [-0.1, -0.05) is 50.3 Å². The number of aliphatic carboxylic acids is 1. The predicted octanol–water partition coefficient (Wildman–Crippen LogP) is 2.31. The normalized spacial score (nSPS) is 26.1. The second-order valence-electron chi connectivity index (χ2n) is 6.56. The van der Waals surface area contributed by atoms with Gasteiger partial charge in [-0.05, 0) is 11.5 Å². The SMILES string of the molecule is CC(C)C(C(=O)O)N1CC2C=C(c3ccccc3)C(=O)C2C1. The summed E-state index contributed by atoms with van der Waals surface area (Å²) in [7, 11) is 0. The first-order valence-corrected chi connectivity index (χ1v) is 7.77. The molecule has 1 aromatic carbocycles. The number of ketones is 1. The molecule has 2 aliphatic rings. The molecule has 1 fully saturated rings. The quantitative estimate of drug-likeness (QED) is 0.927. The molecule has 0 aromatic heterocycles. The number of likely N-dealkylation sites (tertiary alicyclic amines) is 1. The molecule has 1 aromatic rings. The van der Waals surface area contributed by atoms with Gasteiger partial charge in [0.25, 0.3) is 0 Å². The summed E-state index contributed by atoms with van der Waals surface area (Å²) < 4.78 is 0. The van der Waals surface area contributed by atoms with E-state index in [9.17, 15) is 14.7 Å². The largest absolute Gasteiger partial charge is 0.480 e. The molecular formula is C18H21NO3. The lowest BCUT2D eigenvalue weighted by molar-refractivity contribution is -0.144. The second kappa shape index (κ2) is 5.69. The molecule has 22 heavy (non-hydrogen) atoms. The third-order valence-corrected chi connectivity index (χ3v) is 4.74. The van der Waals surface area contributed by atoms with Gasteiger partial charge < -0.3 is 5.11 Å². The van der Waals surface area contributed by atoms with Crippen molar-refractivity contribution in [2.75, 3.05) is 13.1 Å². The highest BCUT2D eigenvalue weighted by atomic mass is 16.4. The maximum Gasteiger partial charge on any atom is 0.321 e. The first-order chi connectivity index (χ1) is 10.5. The second-order valence-corrected chi connectivity index (χ2v) is 6.56. The number of carboxylic acid groups (broad SMARTS) is 1. The fourth-order valence-electron chi connectivity index (χ4n) is 3.75. The van der Waals surface area contributed by atoms with Crippen LogP contribution in [0.25, 0.3) is 5.57 Å². The van der Waals surface area contributed by atoms with Crippen LogP contribution in [-0.2, 0) is 9.59 Å². The number of carbonyl (C=O) groups is 2. The number of allylic oxidation sites excluding steroid dienone is 1. The van der Waals surface area contributed by atoms with Crippen LogP contribution < -0.4 is 0 Å². The van der Waals surface area contributed by atoms with Gasteiger partial charge in [0.2, 0.25) is 0 Å². The predicted molar refractivity (Wildman–Crippen MR) is 84.2 cm³/mol. The van der Waals surface area contributed by atoms with Gasteiger partial charge in [-0.25, -0.2) is 0 Å². The Morgan fingerprint density at radius 3 is 2.45 bits per heavy atom. The van der Waals surface area contributed by atoms with E-state index in [0.29, 0.717) is 13.1 Å². The molecule has 0 radical (unpaired) electrons. The fraction of sp³-hybridized carbons (Fsp3) is 0.444. The van der Waals surface area contributed by atoms with Crippen molar-refractivity contribution in [2.24, 2.45) is 17.8 Å². The number of benzene rings is 1. The molecule has 0 bridgehead atoms. The van der Waals surface area contributed by atoms with Gasteiger partial charge in [0.05, 0.1) is 0 Å². The van der Waals surface area contributed by atoms with Crippen molar-refractivity contribution >= 4 is 17.3 Å². The summed E-state index contributed by atoms with van der Waals surface area (Å²) in [4.78, 5) is 26.1. The van der Waals surface area contributed by atoms with Crippen LogP contribution in [0.5, 0.6) is 0 Å². The Bertz CT molecular complexity index is 620. The van der Waals surface area contributed by atoms with Crippen molar-refractivity contribution in [3.63, 3.8) is 0 Å². The van der Waals surface area contributed by atoms with E-state index in [1.54, 1.807) is 0 Å². The third-order valence-electron chi connectivity index (χ3n) is 4.74. The smallest absolute Gasteiger partial charge is 0.321 e. The number of nitrogens with zero attached hydrogens (tertiary/aromatic N) is 1. The number of carbonyl (C=O) groups excluding carboxylic acids is 1. The topological polar surface area (TPSA) is 57.6 Å². The molecule has 0 saturated carbocycles. The van der Waals surface area contributed by atoms with Crippen LogP contribution in [0, 0.1) is 17.8 Å². The van der Waals surface area contributed by atoms with E-state index in [0.717, 1.165) is 11.1 Å². The summed E-state index contributed by atoms with van der Waals surface area (Å²) in [5, 5.41) is 9.42. The molecule has 1 saturated heterocycles. The van der Waals surface area contributed by atoms with Crippen LogP contribution in [0.15, 0.2) is 36.4 Å². The molecule has 3 rings (SSSR count). The summed E-state index contributed by atoms with van der Waals surface area (Å²) >= 11 is 0. The van der Waals surface area contributed by atoms with Crippen molar-refractivity contribution in [1.29, 1.82) is 0 Å². The Hall–Kier alpha value is -1.94. The number of hydrogen-bond donors (Lipinski definition) is 1. The molecule has 0 spiro atoms. The molecule has 1 N–H and O–H groups in total. The molecule has 0 amide bonds. The Balaban J connectivity index is 1.81. The van der Waals surface area contributed by atoms with E-state index < -0.39 is 12.0 Å². The van der Waals surface area contributed by atoms with Gasteiger partial charge in [0.15, 0.2) is 5.78 Å². The summed E-state index contributed by atoms with van der Waals surface area (Å²) in [6, 6.07) is 9.21. The van der Waals surface area contributed by atoms with Crippen LogP contribution in [0.2, 0.25) is 0 Å². The number of fused-ring (bicyclic) bond motifs is 1. The fourth-order valence-corrected chi connectivity index (χ4v) is 3.75. The van der Waals surface area contributed by atoms with Crippen LogP contribution in [0.1, 0.15) is 19.4 Å². The van der Waals surface area contributed by atoms with Gasteiger partial charge >= 0.3 is 5.97 Å². The van der Waals surface area contributed by atoms with E-state index in [2.05, 4.69) is 0 Å². The molecular weight excluding hydrogens is 278 g/mol. The molecule has 3 atom stereocenters. The third kappa shape index (κ3) is 2.48. The Morgan fingerprint density at radius 2 is 1.91 bits per heavy atom. The van der Waals surface area contributed by atoms with Crippen LogP contribution in [0.3, 0.4) is 0 Å². The summed E-state index contributed by atoms with van der Waals surface area (Å²) in [6.07, 6.45) is 2.04. The van der Waals surface area contributed by atoms with E-state index in [1.165, 1.54) is 0 Å². The zero-order valence-corrected chi connectivity index (χ0v) is 12.9. The summed E-state index contributed by atoms with van der Waals surface area (Å²) in [5.74, 6) is -0.551. The number of carboxylic acids is 1. The maximum atomic E-state index is 12.7. The van der Waals surface area contributed by atoms with Crippen molar-refractivity contribution in [3.05, 3.63) is 42.0 Å². The van der Waals surface area contributed by atoms with Gasteiger partial charge in [0.1, 0.15) is 6.04 Å². The lowest BCUT2D eigenvalue weighted by Crippen LogP contribution is -2.44. The monoisotopic (exact) mass is 299 g/mol. The molecule has 3 unspecified atom stereocenters. The van der Waals surface area contributed by atoms with E-state index >= 15 is 0 Å². The number of hydrogen-bond acceptors (Lipinski definition) is 3. The Morgan fingerprint density at radius 1 is 1.23 bits per heavy atom. The van der Waals surface area contributed by atoms with Crippen LogP contribution in [0.4, 0.5) is 0 Å². The average molecular weight is 299 g/mol. The Kier molecular flexibility index (Phi) is 3.87. The van der Waals surface area contributed by atoms with Crippen LogP contribution in [-0.4, -0.2) is 40.9 Å². The molecule has 1 aliphatic heterocycles. The van der Waals surface area contributed by atoms with Gasteiger partial charge in [0, 0.05) is 30.5 Å². The van der Waals surface area contributed by atoms with Crippen molar-refractivity contribution < 1.29 is 14.7 Å². The minimum absolute atomic E-state index is 0.0315. The highest BCUT2D eigenvalue weighted by molar-refractivity contribution is 6.24. The average Bonchev–Trinajstić information content (AvgIpc) is 2.99. The molecule has 4 heteroatoms. The summed E-state index contributed by atoms with van der Waals surface area (Å²) in [6.45, 7) is 5.03. The minimum Gasteiger partial charge on any atom is -0.480 e. The lowest BCUT2D eigenvalue weighted by Gasteiger charge is -2.27. The first kappa shape index (κ1) is 15.0. The van der Waals surface area contributed by atoms with Crippen molar-refractivity contribution in [1.82, 2.24) is 4.90 Å². The van der Waals surface area contributed by atoms with E-state index in [1.807, 2.05) is 55.2 Å². The standard InChI is InChI=1S/C18H21NO3/c1-11(2)16(18(21)22)19-9-13-8-14(17(20)15(13)10-19)12-6-4-3-5-7-12/h3-8,11,13,15-16H,9-10H2,1-2H3,(H,21,22).